The second-order valence-electron chi connectivity index (χ2n) is 2.56. The van der Waals surface area contributed by atoms with Crippen molar-refractivity contribution in [3.63, 3.8) is 0 Å². The summed E-state index contributed by atoms with van der Waals surface area (Å²) < 4.78 is 18.8. The minimum Gasteiger partial charge on any atom is -0.465 e. The van der Waals surface area contributed by atoms with E-state index >= 15 is 0 Å². The van der Waals surface area contributed by atoms with E-state index in [1.807, 2.05) is 6.92 Å². The fraction of sp³-hybridized carbons (Fsp3) is 0.500. The predicted molar refractivity (Wildman–Crippen MR) is 43.8 cm³/mol. The number of aryl methyl sites for hydroxylation is 1. The number of hydrogen-bond acceptors (Lipinski definition) is 3. The minimum atomic E-state index is -0.695. The highest BCUT2D eigenvalue weighted by Gasteiger charge is 2.16. The molecule has 0 N–H and O–H groups in total. The van der Waals surface area contributed by atoms with Crippen LogP contribution in [0.3, 0.4) is 0 Å². The van der Waals surface area contributed by atoms with Crippen molar-refractivity contribution in [2.24, 2.45) is 0 Å². The van der Waals surface area contributed by atoms with Gasteiger partial charge in [-0.3, -0.25) is 0 Å². The Labute approximate surface area is 75.3 Å². The van der Waals surface area contributed by atoms with Crippen LogP contribution in [-0.2, 0) is 11.3 Å². The molecule has 1 heterocycles. The average molecular weight is 186 g/mol. The normalized spacial score (nSPS) is 10.1. The Bertz CT molecular complexity index is 309. The zero-order valence-electron chi connectivity index (χ0n) is 7.58. The van der Waals surface area contributed by atoms with Gasteiger partial charge in [0.2, 0.25) is 5.95 Å². The third-order valence-corrected chi connectivity index (χ3v) is 1.62. The van der Waals surface area contributed by atoms with Gasteiger partial charge in [-0.05, 0) is 6.42 Å². The second kappa shape index (κ2) is 4.02. The van der Waals surface area contributed by atoms with Crippen LogP contribution >= 0.6 is 0 Å². The molecule has 0 aliphatic heterocycles. The van der Waals surface area contributed by atoms with E-state index in [1.165, 1.54) is 13.3 Å². The number of methoxy groups -OCH3 is 1. The molecule has 0 spiro atoms. The zero-order valence-corrected chi connectivity index (χ0v) is 7.58. The van der Waals surface area contributed by atoms with Gasteiger partial charge in [0, 0.05) is 6.54 Å². The number of carbonyl (C=O) groups is 1. The lowest BCUT2D eigenvalue weighted by molar-refractivity contribution is 0.0594. The van der Waals surface area contributed by atoms with E-state index in [4.69, 9.17) is 0 Å². The van der Waals surface area contributed by atoms with Crippen molar-refractivity contribution >= 4 is 5.97 Å². The standard InChI is InChI=1S/C8H11FN2O2/c1-3-4-11-7(9)6(5-10-11)8(12)13-2/h5H,3-4H2,1-2H3. The van der Waals surface area contributed by atoms with E-state index in [-0.39, 0.29) is 5.56 Å². The van der Waals surface area contributed by atoms with Gasteiger partial charge in [0.15, 0.2) is 0 Å². The van der Waals surface area contributed by atoms with Crippen LogP contribution < -0.4 is 0 Å². The van der Waals surface area contributed by atoms with Crippen LogP contribution in [0.15, 0.2) is 6.20 Å². The fourth-order valence-electron chi connectivity index (χ4n) is 0.985. The van der Waals surface area contributed by atoms with Crippen LogP contribution in [0.2, 0.25) is 0 Å². The van der Waals surface area contributed by atoms with Crippen LogP contribution in [0.5, 0.6) is 0 Å². The third-order valence-electron chi connectivity index (χ3n) is 1.62. The lowest BCUT2D eigenvalue weighted by Crippen LogP contribution is -2.06. The Hall–Kier alpha value is -1.39. The van der Waals surface area contributed by atoms with Crippen molar-refractivity contribution in [2.75, 3.05) is 7.11 Å². The Morgan fingerprint density at radius 3 is 3.00 bits per heavy atom. The summed E-state index contributed by atoms with van der Waals surface area (Å²) >= 11 is 0. The van der Waals surface area contributed by atoms with Gasteiger partial charge in [0.25, 0.3) is 0 Å². The molecule has 13 heavy (non-hydrogen) atoms. The average Bonchev–Trinajstić information content (AvgIpc) is 2.48. The first-order valence-corrected chi connectivity index (χ1v) is 4.00. The summed E-state index contributed by atoms with van der Waals surface area (Å²) in [6.07, 6.45) is 1.94. The topological polar surface area (TPSA) is 44.1 Å². The molecule has 0 radical (unpaired) electrons. The molecule has 0 amide bonds. The summed E-state index contributed by atoms with van der Waals surface area (Å²) in [7, 11) is 1.21. The lowest BCUT2D eigenvalue weighted by atomic mass is 10.3. The summed E-state index contributed by atoms with van der Waals surface area (Å²) in [5.41, 5.74) is -0.115. The molecule has 0 aliphatic rings. The highest BCUT2D eigenvalue weighted by molar-refractivity contribution is 5.88. The number of carbonyl (C=O) groups excluding carboxylic acids is 1. The largest absolute Gasteiger partial charge is 0.465 e. The summed E-state index contributed by atoms with van der Waals surface area (Å²) in [5.74, 6) is -1.33. The van der Waals surface area contributed by atoms with Gasteiger partial charge in [-0.1, -0.05) is 6.92 Å². The van der Waals surface area contributed by atoms with Crippen molar-refractivity contribution in [1.82, 2.24) is 9.78 Å². The van der Waals surface area contributed by atoms with E-state index in [2.05, 4.69) is 9.84 Å². The van der Waals surface area contributed by atoms with Crippen molar-refractivity contribution in [2.45, 2.75) is 19.9 Å². The van der Waals surface area contributed by atoms with Gasteiger partial charge >= 0.3 is 5.97 Å². The molecule has 1 rings (SSSR count). The maximum absolute atomic E-state index is 13.3. The van der Waals surface area contributed by atoms with E-state index in [0.29, 0.717) is 6.54 Å². The monoisotopic (exact) mass is 186 g/mol. The molecule has 0 atom stereocenters. The summed E-state index contributed by atoms with van der Waals surface area (Å²) in [4.78, 5) is 10.9. The molecule has 72 valence electrons. The number of nitrogens with zero attached hydrogens (tertiary/aromatic N) is 2. The number of rotatable bonds is 3. The molecular formula is C8H11FN2O2. The van der Waals surface area contributed by atoms with E-state index in [9.17, 15) is 9.18 Å². The maximum atomic E-state index is 13.3. The zero-order chi connectivity index (χ0) is 9.84. The van der Waals surface area contributed by atoms with Gasteiger partial charge in [-0.25, -0.2) is 9.48 Å². The molecule has 0 unspecified atom stereocenters. The molecule has 0 aromatic carbocycles. The minimum absolute atomic E-state index is 0.115. The van der Waals surface area contributed by atoms with Crippen molar-refractivity contribution in [3.05, 3.63) is 17.7 Å². The molecular weight excluding hydrogens is 175 g/mol. The van der Waals surface area contributed by atoms with Crippen LogP contribution in [0, 0.1) is 5.95 Å². The molecule has 1 aromatic heterocycles. The van der Waals surface area contributed by atoms with Crippen LogP contribution in [0.25, 0.3) is 0 Å². The molecule has 0 saturated carbocycles. The molecule has 5 heteroatoms. The Morgan fingerprint density at radius 1 is 1.77 bits per heavy atom. The molecule has 0 bridgehead atoms. The van der Waals surface area contributed by atoms with Gasteiger partial charge in [-0.2, -0.15) is 9.49 Å². The first-order valence-electron chi connectivity index (χ1n) is 4.00. The molecule has 0 aliphatic carbocycles. The van der Waals surface area contributed by atoms with Crippen molar-refractivity contribution in [3.8, 4) is 0 Å². The summed E-state index contributed by atoms with van der Waals surface area (Å²) in [6.45, 7) is 2.36. The van der Waals surface area contributed by atoms with Gasteiger partial charge in [-0.15, -0.1) is 0 Å². The van der Waals surface area contributed by atoms with Crippen LogP contribution in [-0.4, -0.2) is 22.9 Å². The number of esters is 1. The first kappa shape index (κ1) is 9.70. The molecule has 0 fully saturated rings. The predicted octanol–water partition coefficient (Wildman–Crippen LogP) is 1.22. The third kappa shape index (κ3) is 1.85. The molecule has 1 aromatic rings. The summed E-state index contributed by atoms with van der Waals surface area (Å²) in [6, 6.07) is 0. The Morgan fingerprint density at radius 2 is 2.46 bits per heavy atom. The number of hydrogen-bond donors (Lipinski definition) is 0. The number of aromatic nitrogens is 2. The van der Waals surface area contributed by atoms with E-state index in [1.54, 1.807) is 0 Å². The van der Waals surface area contributed by atoms with Gasteiger partial charge in [0.05, 0.1) is 13.3 Å². The van der Waals surface area contributed by atoms with Crippen molar-refractivity contribution in [1.29, 1.82) is 0 Å². The Balaban J connectivity index is 2.92. The van der Waals surface area contributed by atoms with E-state index in [0.717, 1.165) is 11.1 Å². The molecule has 0 saturated heterocycles. The second-order valence-corrected chi connectivity index (χ2v) is 2.56. The lowest BCUT2D eigenvalue weighted by Gasteiger charge is -1.98. The summed E-state index contributed by atoms with van der Waals surface area (Å²) in [5, 5.41) is 3.72. The highest BCUT2D eigenvalue weighted by atomic mass is 19.1. The number of halogens is 1. The Kier molecular flexibility index (Phi) is 3.00. The quantitative estimate of drug-likeness (QED) is 0.666. The van der Waals surface area contributed by atoms with Gasteiger partial charge in [0.1, 0.15) is 5.56 Å². The SMILES string of the molecule is CCCn1ncc(C(=O)OC)c1F. The van der Waals surface area contributed by atoms with Gasteiger partial charge < -0.3 is 4.74 Å². The molecule has 4 nitrogen and oxygen atoms in total. The van der Waals surface area contributed by atoms with E-state index < -0.39 is 11.9 Å². The van der Waals surface area contributed by atoms with Crippen LogP contribution in [0.1, 0.15) is 23.7 Å². The fourth-order valence-corrected chi connectivity index (χ4v) is 0.985. The smallest absolute Gasteiger partial charge is 0.344 e. The first-order chi connectivity index (χ1) is 6.20. The maximum Gasteiger partial charge on any atom is 0.344 e. The van der Waals surface area contributed by atoms with Crippen molar-refractivity contribution < 1.29 is 13.9 Å². The highest BCUT2D eigenvalue weighted by Crippen LogP contribution is 2.07. The van der Waals surface area contributed by atoms with Crippen LogP contribution in [0.4, 0.5) is 4.39 Å². The number of ether oxygens (including phenoxy) is 1.